The second kappa shape index (κ2) is 5.24. The molecule has 0 saturated carbocycles. The van der Waals surface area contributed by atoms with Gasteiger partial charge in [0.15, 0.2) is 11.6 Å². The standard InChI is InChI=1S/C13H7ClF2O3/c14-9-3-2-8(6-10(9)15)19-12-4-1-7(13(17)18)5-11(12)16/h1-6H,(H,17,18). The first-order chi connectivity index (χ1) is 8.97. The Balaban J connectivity index is 2.28. The molecule has 6 heteroatoms. The molecular formula is C13H7ClF2O3. The molecule has 19 heavy (non-hydrogen) atoms. The molecule has 0 aliphatic carbocycles. The summed E-state index contributed by atoms with van der Waals surface area (Å²) < 4.78 is 31.8. The number of rotatable bonds is 3. The third-order valence-electron chi connectivity index (χ3n) is 2.30. The van der Waals surface area contributed by atoms with Crippen molar-refractivity contribution < 1.29 is 23.4 Å². The Morgan fingerprint density at radius 1 is 1.11 bits per heavy atom. The van der Waals surface area contributed by atoms with Crippen molar-refractivity contribution in [1.29, 1.82) is 0 Å². The lowest BCUT2D eigenvalue weighted by molar-refractivity contribution is 0.0696. The van der Waals surface area contributed by atoms with E-state index in [9.17, 15) is 13.6 Å². The van der Waals surface area contributed by atoms with Crippen LogP contribution in [0.15, 0.2) is 36.4 Å². The van der Waals surface area contributed by atoms with Crippen LogP contribution >= 0.6 is 11.6 Å². The molecule has 0 amide bonds. The molecule has 2 aromatic rings. The van der Waals surface area contributed by atoms with E-state index in [0.717, 1.165) is 18.2 Å². The van der Waals surface area contributed by atoms with Gasteiger partial charge in [-0.2, -0.15) is 0 Å². The molecular weight excluding hydrogens is 278 g/mol. The Kier molecular flexibility index (Phi) is 3.66. The fourth-order valence-electron chi connectivity index (χ4n) is 1.38. The number of carboxylic acids is 1. The Labute approximate surface area is 112 Å². The van der Waals surface area contributed by atoms with Gasteiger partial charge in [0, 0.05) is 6.07 Å². The number of hydrogen-bond donors (Lipinski definition) is 1. The molecule has 1 N–H and O–H groups in total. The summed E-state index contributed by atoms with van der Waals surface area (Å²) >= 11 is 5.50. The molecule has 0 saturated heterocycles. The van der Waals surface area contributed by atoms with Crippen LogP contribution in [0.1, 0.15) is 10.4 Å². The highest BCUT2D eigenvalue weighted by atomic mass is 35.5. The van der Waals surface area contributed by atoms with Gasteiger partial charge < -0.3 is 9.84 Å². The van der Waals surface area contributed by atoms with Crippen LogP contribution in [-0.4, -0.2) is 11.1 Å². The Bertz CT molecular complexity index is 644. The largest absolute Gasteiger partial charge is 0.478 e. The zero-order valence-corrected chi connectivity index (χ0v) is 10.1. The lowest BCUT2D eigenvalue weighted by atomic mass is 10.2. The van der Waals surface area contributed by atoms with Gasteiger partial charge in [-0.25, -0.2) is 13.6 Å². The van der Waals surface area contributed by atoms with Gasteiger partial charge in [0.05, 0.1) is 10.6 Å². The highest BCUT2D eigenvalue weighted by molar-refractivity contribution is 6.30. The molecule has 0 bridgehead atoms. The summed E-state index contributed by atoms with van der Waals surface area (Å²) in [6.45, 7) is 0. The Hall–Kier alpha value is -2.14. The number of hydrogen-bond acceptors (Lipinski definition) is 2. The highest BCUT2D eigenvalue weighted by Gasteiger charge is 2.11. The highest BCUT2D eigenvalue weighted by Crippen LogP contribution is 2.27. The van der Waals surface area contributed by atoms with Crippen LogP contribution < -0.4 is 4.74 Å². The average molecular weight is 285 g/mol. The van der Waals surface area contributed by atoms with Crippen molar-refractivity contribution in [3.8, 4) is 11.5 Å². The minimum Gasteiger partial charge on any atom is -0.478 e. The minimum atomic E-state index is -1.25. The van der Waals surface area contributed by atoms with Gasteiger partial charge in [0.25, 0.3) is 0 Å². The van der Waals surface area contributed by atoms with E-state index >= 15 is 0 Å². The summed E-state index contributed by atoms with van der Waals surface area (Å²) in [5.74, 6) is -2.93. The van der Waals surface area contributed by atoms with E-state index in [1.165, 1.54) is 18.2 Å². The van der Waals surface area contributed by atoms with Crippen molar-refractivity contribution in [3.63, 3.8) is 0 Å². The number of halogens is 3. The van der Waals surface area contributed by atoms with E-state index in [1.807, 2.05) is 0 Å². The zero-order chi connectivity index (χ0) is 14.0. The quantitative estimate of drug-likeness (QED) is 0.922. The van der Waals surface area contributed by atoms with E-state index < -0.39 is 17.6 Å². The predicted octanol–water partition coefficient (Wildman–Crippen LogP) is 4.11. The summed E-state index contributed by atoms with van der Waals surface area (Å²) in [6.07, 6.45) is 0. The average Bonchev–Trinajstić information content (AvgIpc) is 2.36. The SMILES string of the molecule is O=C(O)c1ccc(Oc2ccc(Cl)c(F)c2)c(F)c1. The van der Waals surface area contributed by atoms with Crippen LogP contribution in [0.25, 0.3) is 0 Å². The maximum Gasteiger partial charge on any atom is 0.335 e. The van der Waals surface area contributed by atoms with Crippen LogP contribution in [0.3, 0.4) is 0 Å². The molecule has 0 aromatic heterocycles. The van der Waals surface area contributed by atoms with E-state index in [1.54, 1.807) is 0 Å². The summed E-state index contributed by atoms with van der Waals surface area (Å²) in [5.41, 5.74) is -0.202. The summed E-state index contributed by atoms with van der Waals surface area (Å²) in [7, 11) is 0. The van der Waals surface area contributed by atoms with Crippen molar-refractivity contribution in [1.82, 2.24) is 0 Å². The maximum atomic E-state index is 13.6. The lowest BCUT2D eigenvalue weighted by Gasteiger charge is -2.07. The molecule has 2 rings (SSSR count). The van der Waals surface area contributed by atoms with E-state index in [4.69, 9.17) is 21.4 Å². The molecule has 0 unspecified atom stereocenters. The second-order valence-electron chi connectivity index (χ2n) is 3.63. The predicted molar refractivity (Wildman–Crippen MR) is 64.8 cm³/mol. The normalized spacial score (nSPS) is 10.3. The lowest BCUT2D eigenvalue weighted by Crippen LogP contribution is -1.98. The van der Waals surface area contributed by atoms with Crippen LogP contribution in [0.4, 0.5) is 8.78 Å². The van der Waals surface area contributed by atoms with Gasteiger partial charge in [-0.3, -0.25) is 0 Å². The first kappa shape index (κ1) is 13.3. The van der Waals surface area contributed by atoms with Crippen molar-refractivity contribution in [2.75, 3.05) is 0 Å². The number of aromatic carboxylic acids is 1. The Morgan fingerprint density at radius 3 is 2.42 bits per heavy atom. The topological polar surface area (TPSA) is 46.5 Å². The number of carboxylic acid groups (broad SMARTS) is 1. The van der Waals surface area contributed by atoms with Crippen LogP contribution in [0.2, 0.25) is 5.02 Å². The van der Waals surface area contributed by atoms with Gasteiger partial charge in [-0.1, -0.05) is 11.6 Å². The van der Waals surface area contributed by atoms with E-state index in [0.29, 0.717) is 0 Å². The van der Waals surface area contributed by atoms with Crippen LogP contribution in [-0.2, 0) is 0 Å². The summed E-state index contributed by atoms with van der Waals surface area (Å²) in [6, 6.07) is 6.82. The van der Waals surface area contributed by atoms with Gasteiger partial charge in [-0.05, 0) is 30.3 Å². The number of carbonyl (C=O) groups is 1. The van der Waals surface area contributed by atoms with Crippen molar-refractivity contribution in [2.45, 2.75) is 0 Å². The maximum absolute atomic E-state index is 13.6. The molecule has 98 valence electrons. The summed E-state index contributed by atoms with van der Waals surface area (Å²) in [5, 5.41) is 8.61. The monoisotopic (exact) mass is 284 g/mol. The fourth-order valence-corrected chi connectivity index (χ4v) is 1.50. The van der Waals surface area contributed by atoms with Crippen LogP contribution in [0.5, 0.6) is 11.5 Å². The summed E-state index contributed by atoms with van der Waals surface area (Å²) in [4.78, 5) is 10.6. The van der Waals surface area contributed by atoms with Crippen molar-refractivity contribution in [3.05, 3.63) is 58.6 Å². The molecule has 0 atom stereocenters. The molecule has 0 radical (unpaired) electrons. The zero-order valence-electron chi connectivity index (χ0n) is 9.36. The van der Waals surface area contributed by atoms with Crippen LogP contribution in [0, 0.1) is 11.6 Å². The third kappa shape index (κ3) is 3.00. The van der Waals surface area contributed by atoms with Gasteiger partial charge in [-0.15, -0.1) is 0 Å². The molecule has 3 nitrogen and oxygen atoms in total. The number of benzene rings is 2. The number of ether oxygens (including phenoxy) is 1. The van der Waals surface area contributed by atoms with E-state index in [-0.39, 0.29) is 22.1 Å². The second-order valence-corrected chi connectivity index (χ2v) is 4.04. The third-order valence-corrected chi connectivity index (χ3v) is 2.60. The molecule has 0 heterocycles. The van der Waals surface area contributed by atoms with E-state index in [2.05, 4.69) is 0 Å². The molecule has 2 aromatic carbocycles. The Morgan fingerprint density at radius 2 is 1.84 bits per heavy atom. The van der Waals surface area contributed by atoms with Crippen molar-refractivity contribution in [2.24, 2.45) is 0 Å². The van der Waals surface area contributed by atoms with Crippen molar-refractivity contribution >= 4 is 17.6 Å². The minimum absolute atomic E-state index is 0.0591. The first-order valence-electron chi connectivity index (χ1n) is 5.13. The van der Waals surface area contributed by atoms with Gasteiger partial charge >= 0.3 is 5.97 Å². The fraction of sp³-hybridized carbons (Fsp3) is 0. The smallest absolute Gasteiger partial charge is 0.335 e. The molecule has 0 spiro atoms. The first-order valence-corrected chi connectivity index (χ1v) is 5.51. The van der Waals surface area contributed by atoms with Gasteiger partial charge in [0.2, 0.25) is 0 Å². The molecule has 0 fully saturated rings. The molecule has 0 aliphatic heterocycles. The molecule has 0 aliphatic rings. The van der Waals surface area contributed by atoms with Gasteiger partial charge in [0.1, 0.15) is 11.6 Å².